The van der Waals surface area contributed by atoms with E-state index < -0.39 is 0 Å². The van der Waals surface area contributed by atoms with Gasteiger partial charge in [0, 0.05) is 37.1 Å². The minimum absolute atomic E-state index is 0.0724. The number of pyridine rings is 1. The van der Waals surface area contributed by atoms with Crippen LogP contribution in [0.1, 0.15) is 29.4 Å². The van der Waals surface area contributed by atoms with Gasteiger partial charge in [-0.1, -0.05) is 0 Å². The lowest BCUT2D eigenvalue weighted by molar-refractivity contribution is 0.0665. The Bertz CT molecular complexity index is 641. The molecule has 0 radical (unpaired) electrons. The molecule has 1 amide bonds. The summed E-state index contributed by atoms with van der Waals surface area (Å²) in [4.78, 5) is 23.6. The molecule has 116 valence electrons. The summed E-state index contributed by atoms with van der Waals surface area (Å²) in [5.74, 6) is 0.466. The fourth-order valence-electron chi connectivity index (χ4n) is 2.78. The highest BCUT2D eigenvalue weighted by molar-refractivity contribution is 7.16. The number of thiazole rings is 1. The van der Waals surface area contributed by atoms with Crippen LogP contribution in [-0.2, 0) is 0 Å². The molecule has 0 aromatic carbocycles. The van der Waals surface area contributed by atoms with Crippen LogP contribution >= 0.6 is 11.3 Å². The van der Waals surface area contributed by atoms with Crippen molar-refractivity contribution in [1.82, 2.24) is 14.9 Å². The van der Waals surface area contributed by atoms with Crippen LogP contribution in [0.2, 0.25) is 0 Å². The summed E-state index contributed by atoms with van der Waals surface area (Å²) < 4.78 is 0. The van der Waals surface area contributed by atoms with Crippen molar-refractivity contribution in [3.05, 3.63) is 35.6 Å². The quantitative estimate of drug-likeness (QED) is 0.944. The predicted octanol–water partition coefficient (Wildman–Crippen LogP) is 2.40. The van der Waals surface area contributed by atoms with Gasteiger partial charge in [-0.25, -0.2) is 4.98 Å². The average molecular weight is 316 g/mol. The standard InChI is InChI=1S/C16H20N4OS/c1-11(17)13-3-2-8-20(10-13)16(21)14-9-19-15(22-14)12-4-6-18-7-5-12/h4-7,9,11,13H,2-3,8,10,17H2,1H3. The zero-order valence-corrected chi connectivity index (χ0v) is 13.4. The van der Waals surface area contributed by atoms with Crippen LogP contribution in [0.5, 0.6) is 0 Å². The first-order valence-electron chi connectivity index (χ1n) is 7.56. The largest absolute Gasteiger partial charge is 0.338 e. The molecular formula is C16H20N4OS. The van der Waals surface area contributed by atoms with Gasteiger partial charge in [-0.05, 0) is 37.8 Å². The van der Waals surface area contributed by atoms with Crippen molar-refractivity contribution in [1.29, 1.82) is 0 Å². The Labute approximate surface area is 134 Å². The number of nitrogens with zero attached hydrogens (tertiary/aromatic N) is 3. The third kappa shape index (κ3) is 3.18. The molecule has 3 rings (SSSR count). The van der Waals surface area contributed by atoms with E-state index in [1.807, 2.05) is 24.0 Å². The van der Waals surface area contributed by atoms with Crippen LogP contribution < -0.4 is 5.73 Å². The average Bonchev–Trinajstić information content (AvgIpc) is 3.05. The maximum Gasteiger partial charge on any atom is 0.265 e. The van der Waals surface area contributed by atoms with Gasteiger partial charge in [-0.15, -0.1) is 11.3 Å². The number of hydrogen-bond acceptors (Lipinski definition) is 5. The van der Waals surface area contributed by atoms with E-state index in [2.05, 4.69) is 9.97 Å². The minimum Gasteiger partial charge on any atom is -0.338 e. The predicted molar refractivity (Wildman–Crippen MR) is 87.6 cm³/mol. The van der Waals surface area contributed by atoms with Crippen LogP contribution in [0.3, 0.4) is 0 Å². The molecule has 2 atom stereocenters. The molecule has 1 saturated heterocycles. The number of carbonyl (C=O) groups is 1. The first-order valence-corrected chi connectivity index (χ1v) is 8.38. The van der Waals surface area contributed by atoms with Crippen LogP contribution in [0, 0.1) is 5.92 Å². The molecule has 2 aromatic rings. The van der Waals surface area contributed by atoms with Crippen molar-refractivity contribution < 1.29 is 4.79 Å². The Morgan fingerprint density at radius 2 is 2.23 bits per heavy atom. The van der Waals surface area contributed by atoms with E-state index in [1.165, 1.54) is 11.3 Å². The Kier molecular flexibility index (Phi) is 4.49. The van der Waals surface area contributed by atoms with Crippen LogP contribution in [0.4, 0.5) is 0 Å². The smallest absolute Gasteiger partial charge is 0.265 e. The van der Waals surface area contributed by atoms with E-state index in [0.29, 0.717) is 10.8 Å². The summed E-state index contributed by atoms with van der Waals surface area (Å²) in [6.07, 6.45) is 7.27. The fraction of sp³-hybridized carbons (Fsp3) is 0.438. The second-order valence-corrected chi connectivity index (χ2v) is 6.81. The van der Waals surface area contributed by atoms with Gasteiger partial charge in [0.05, 0.1) is 6.20 Å². The highest BCUT2D eigenvalue weighted by atomic mass is 32.1. The number of carbonyl (C=O) groups excluding carboxylic acids is 1. The molecule has 0 spiro atoms. The number of rotatable bonds is 3. The summed E-state index contributed by atoms with van der Waals surface area (Å²) in [6.45, 7) is 3.58. The third-order valence-corrected chi connectivity index (χ3v) is 5.17. The molecule has 2 unspecified atom stereocenters. The Morgan fingerprint density at radius 1 is 1.45 bits per heavy atom. The third-order valence-electron chi connectivity index (χ3n) is 4.13. The molecule has 3 heterocycles. The van der Waals surface area contributed by atoms with Crippen molar-refractivity contribution in [3.63, 3.8) is 0 Å². The lowest BCUT2D eigenvalue weighted by Gasteiger charge is -2.34. The molecule has 1 aliphatic heterocycles. The van der Waals surface area contributed by atoms with Gasteiger partial charge in [0.15, 0.2) is 0 Å². The lowest BCUT2D eigenvalue weighted by atomic mass is 9.92. The van der Waals surface area contributed by atoms with Gasteiger partial charge >= 0.3 is 0 Å². The van der Waals surface area contributed by atoms with Crippen molar-refractivity contribution >= 4 is 17.2 Å². The van der Waals surface area contributed by atoms with E-state index in [-0.39, 0.29) is 11.9 Å². The summed E-state index contributed by atoms with van der Waals surface area (Å²) in [5.41, 5.74) is 6.99. The van der Waals surface area contributed by atoms with Crippen LogP contribution in [0.15, 0.2) is 30.7 Å². The highest BCUT2D eigenvalue weighted by Gasteiger charge is 2.27. The molecular weight excluding hydrogens is 296 g/mol. The molecule has 22 heavy (non-hydrogen) atoms. The van der Waals surface area contributed by atoms with E-state index >= 15 is 0 Å². The number of amides is 1. The molecule has 6 heteroatoms. The second-order valence-electron chi connectivity index (χ2n) is 5.78. The van der Waals surface area contributed by atoms with Crippen molar-refractivity contribution in [2.24, 2.45) is 11.7 Å². The van der Waals surface area contributed by atoms with Gasteiger partial charge in [0.25, 0.3) is 5.91 Å². The van der Waals surface area contributed by atoms with Gasteiger partial charge in [0.1, 0.15) is 9.88 Å². The van der Waals surface area contributed by atoms with E-state index in [4.69, 9.17) is 5.73 Å². The Balaban J connectivity index is 1.74. The number of piperidine rings is 1. The van der Waals surface area contributed by atoms with E-state index in [1.54, 1.807) is 18.6 Å². The number of likely N-dealkylation sites (tertiary alicyclic amines) is 1. The molecule has 1 aliphatic rings. The fourth-order valence-corrected chi connectivity index (χ4v) is 3.67. The Morgan fingerprint density at radius 3 is 2.95 bits per heavy atom. The molecule has 0 bridgehead atoms. The summed E-state index contributed by atoms with van der Waals surface area (Å²) in [5, 5.41) is 0.853. The SMILES string of the molecule is CC(N)C1CCCN(C(=O)c2cnc(-c3ccncc3)s2)C1. The maximum atomic E-state index is 12.7. The van der Waals surface area contributed by atoms with Crippen LogP contribution in [0.25, 0.3) is 10.6 Å². The normalized spacial score (nSPS) is 19.9. The number of aromatic nitrogens is 2. The van der Waals surface area contributed by atoms with Crippen molar-refractivity contribution in [2.45, 2.75) is 25.8 Å². The number of hydrogen-bond donors (Lipinski definition) is 1. The first kappa shape index (κ1) is 15.1. The summed E-state index contributed by atoms with van der Waals surface area (Å²) >= 11 is 1.44. The van der Waals surface area contributed by atoms with Gasteiger partial charge in [-0.2, -0.15) is 0 Å². The van der Waals surface area contributed by atoms with Gasteiger partial charge < -0.3 is 10.6 Å². The molecule has 2 N–H and O–H groups in total. The zero-order chi connectivity index (χ0) is 15.5. The van der Waals surface area contributed by atoms with Gasteiger partial charge in [0.2, 0.25) is 0 Å². The zero-order valence-electron chi connectivity index (χ0n) is 12.6. The van der Waals surface area contributed by atoms with Gasteiger partial charge in [-0.3, -0.25) is 9.78 Å². The van der Waals surface area contributed by atoms with E-state index in [9.17, 15) is 4.79 Å². The molecule has 0 aliphatic carbocycles. The summed E-state index contributed by atoms with van der Waals surface area (Å²) in [7, 11) is 0. The summed E-state index contributed by atoms with van der Waals surface area (Å²) in [6, 6.07) is 3.93. The second kappa shape index (κ2) is 6.54. The molecule has 1 fully saturated rings. The van der Waals surface area contributed by atoms with Crippen LogP contribution in [-0.4, -0.2) is 39.9 Å². The van der Waals surface area contributed by atoms with Crippen molar-refractivity contribution in [2.75, 3.05) is 13.1 Å². The highest BCUT2D eigenvalue weighted by Crippen LogP contribution is 2.27. The minimum atomic E-state index is 0.0724. The number of nitrogens with two attached hydrogens (primary N) is 1. The first-order chi connectivity index (χ1) is 10.6. The van der Waals surface area contributed by atoms with E-state index in [0.717, 1.165) is 36.5 Å². The topological polar surface area (TPSA) is 72.1 Å². The maximum absolute atomic E-state index is 12.7. The Hall–Kier alpha value is -1.79. The molecule has 0 saturated carbocycles. The monoisotopic (exact) mass is 316 g/mol. The molecule has 2 aromatic heterocycles. The lowest BCUT2D eigenvalue weighted by Crippen LogP contribution is -2.44. The molecule has 5 nitrogen and oxygen atoms in total. The van der Waals surface area contributed by atoms with Crippen molar-refractivity contribution in [3.8, 4) is 10.6 Å².